The molecular formula is C14H7F3O. The smallest absolute Gasteiger partial charge is 0.289 e. The van der Waals surface area contributed by atoms with Crippen LogP contribution in [0.1, 0.15) is 21.5 Å². The van der Waals surface area contributed by atoms with Crippen LogP contribution in [0.15, 0.2) is 42.5 Å². The highest BCUT2D eigenvalue weighted by atomic mass is 19.4. The predicted molar refractivity (Wildman–Crippen MR) is 60.3 cm³/mol. The standard InChI is InChI=1S/C14H7F3O/c15-14(16,17)11-7-3-6-10-12(11)8-4-1-2-5-9(8)13(10)18/h1-7H. The lowest BCUT2D eigenvalue weighted by Gasteiger charge is -2.11. The van der Waals surface area contributed by atoms with Crippen LogP contribution in [0.2, 0.25) is 0 Å². The molecule has 0 atom stereocenters. The van der Waals surface area contributed by atoms with Crippen molar-refractivity contribution in [2.24, 2.45) is 0 Å². The van der Waals surface area contributed by atoms with E-state index in [4.69, 9.17) is 0 Å². The number of hydrogen-bond donors (Lipinski definition) is 0. The third-order valence-electron chi connectivity index (χ3n) is 3.06. The van der Waals surface area contributed by atoms with E-state index in [0.717, 1.165) is 6.07 Å². The van der Waals surface area contributed by atoms with Crippen LogP contribution < -0.4 is 0 Å². The highest BCUT2D eigenvalue weighted by Crippen LogP contribution is 2.44. The van der Waals surface area contributed by atoms with E-state index < -0.39 is 11.7 Å². The van der Waals surface area contributed by atoms with Gasteiger partial charge in [-0.15, -0.1) is 0 Å². The molecule has 0 bridgehead atoms. The third kappa shape index (κ3) is 1.38. The van der Waals surface area contributed by atoms with Crippen LogP contribution in [0, 0.1) is 0 Å². The van der Waals surface area contributed by atoms with Gasteiger partial charge in [0.05, 0.1) is 5.56 Å². The van der Waals surface area contributed by atoms with E-state index in [-0.39, 0.29) is 16.9 Å². The van der Waals surface area contributed by atoms with Crippen molar-refractivity contribution in [3.8, 4) is 11.1 Å². The molecule has 0 saturated carbocycles. The lowest BCUT2D eigenvalue weighted by atomic mass is 9.99. The lowest BCUT2D eigenvalue weighted by Crippen LogP contribution is -2.07. The number of carbonyl (C=O) groups is 1. The fraction of sp³-hybridized carbons (Fsp3) is 0.0714. The van der Waals surface area contributed by atoms with Crippen molar-refractivity contribution < 1.29 is 18.0 Å². The van der Waals surface area contributed by atoms with Crippen molar-refractivity contribution in [2.75, 3.05) is 0 Å². The molecule has 0 N–H and O–H groups in total. The second-order valence-corrected chi connectivity index (χ2v) is 4.10. The van der Waals surface area contributed by atoms with Crippen molar-refractivity contribution in [1.29, 1.82) is 0 Å². The second-order valence-electron chi connectivity index (χ2n) is 4.10. The molecule has 0 amide bonds. The van der Waals surface area contributed by atoms with Crippen LogP contribution in [0.4, 0.5) is 13.2 Å². The summed E-state index contributed by atoms with van der Waals surface area (Å²) in [5.74, 6) is -0.341. The van der Waals surface area contributed by atoms with Gasteiger partial charge in [0, 0.05) is 16.7 Å². The van der Waals surface area contributed by atoms with Gasteiger partial charge in [-0.3, -0.25) is 4.79 Å². The molecule has 2 aromatic rings. The number of hydrogen-bond acceptors (Lipinski definition) is 1. The lowest BCUT2D eigenvalue weighted by molar-refractivity contribution is -0.137. The van der Waals surface area contributed by atoms with Crippen LogP contribution in [-0.4, -0.2) is 5.78 Å². The van der Waals surface area contributed by atoms with Crippen LogP contribution in [0.5, 0.6) is 0 Å². The van der Waals surface area contributed by atoms with E-state index in [0.29, 0.717) is 11.1 Å². The SMILES string of the molecule is O=C1c2ccccc2-c2c1cccc2C(F)(F)F. The van der Waals surface area contributed by atoms with Gasteiger partial charge in [0.2, 0.25) is 0 Å². The Bertz CT molecular complexity index is 656. The predicted octanol–water partition coefficient (Wildman–Crippen LogP) is 3.92. The van der Waals surface area contributed by atoms with Gasteiger partial charge >= 0.3 is 6.18 Å². The molecule has 0 aromatic heterocycles. The minimum absolute atomic E-state index is 0.00519. The first-order chi connectivity index (χ1) is 8.50. The molecule has 3 rings (SSSR count). The van der Waals surface area contributed by atoms with Gasteiger partial charge in [-0.2, -0.15) is 13.2 Å². The van der Waals surface area contributed by atoms with Crippen molar-refractivity contribution in [1.82, 2.24) is 0 Å². The fourth-order valence-corrected chi connectivity index (χ4v) is 2.31. The topological polar surface area (TPSA) is 17.1 Å². The van der Waals surface area contributed by atoms with Gasteiger partial charge in [-0.05, 0) is 11.6 Å². The molecule has 0 heterocycles. The van der Waals surface area contributed by atoms with E-state index in [9.17, 15) is 18.0 Å². The number of halogens is 3. The van der Waals surface area contributed by atoms with E-state index >= 15 is 0 Å². The molecule has 0 saturated heterocycles. The van der Waals surface area contributed by atoms with Gasteiger partial charge in [0.1, 0.15) is 0 Å². The first kappa shape index (κ1) is 11.0. The van der Waals surface area contributed by atoms with Crippen LogP contribution in [0.3, 0.4) is 0 Å². The summed E-state index contributed by atoms with van der Waals surface area (Å²) in [6.45, 7) is 0. The molecule has 1 aliphatic rings. The number of ketones is 1. The Labute approximate surface area is 101 Å². The first-order valence-electron chi connectivity index (χ1n) is 5.34. The summed E-state index contributed by atoms with van der Waals surface area (Å²) in [4.78, 5) is 12.0. The number of fused-ring (bicyclic) bond motifs is 3. The Morgan fingerprint density at radius 2 is 1.39 bits per heavy atom. The van der Waals surface area contributed by atoms with E-state index in [2.05, 4.69) is 0 Å². The number of rotatable bonds is 0. The molecule has 2 aromatic carbocycles. The van der Waals surface area contributed by atoms with Crippen LogP contribution >= 0.6 is 0 Å². The number of carbonyl (C=O) groups excluding carboxylic acids is 1. The van der Waals surface area contributed by atoms with E-state index in [1.54, 1.807) is 24.3 Å². The molecule has 0 radical (unpaired) electrons. The minimum Gasteiger partial charge on any atom is -0.289 e. The van der Waals surface area contributed by atoms with E-state index in [1.807, 2.05) is 0 Å². The third-order valence-corrected chi connectivity index (χ3v) is 3.06. The maximum atomic E-state index is 13.0. The van der Waals surface area contributed by atoms with Crippen molar-refractivity contribution in [3.63, 3.8) is 0 Å². The average Bonchev–Trinajstić information content (AvgIpc) is 2.63. The van der Waals surface area contributed by atoms with Crippen molar-refractivity contribution in [3.05, 3.63) is 59.2 Å². The number of alkyl halides is 3. The van der Waals surface area contributed by atoms with Gasteiger partial charge < -0.3 is 0 Å². The molecule has 18 heavy (non-hydrogen) atoms. The molecule has 0 fully saturated rings. The zero-order valence-electron chi connectivity index (χ0n) is 9.08. The van der Waals surface area contributed by atoms with Gasteiger partial charge in [0.25, 0.3) is 0 Å². The van der Waals surface area contributed by atoms with E-state index in [1.165, 1.54) is 12.1 Å². The summed E-state index contributed by atoms with van der Waals surface area (Å²) in [5.41, 5.74) is 0.0875. The average molecular weight is 248 g/mol. The maximum Gasteiger partial charge on any atom is 0.417 e. The Hall–Kier alpha value is -2.10. The normalized spacial score (nSPS) is 13.4. The monoisotopic (exact) mass is 248 g/mol. The second kappa shape index (κ2) is 3.45. The molecule has 4 heteroatoms. The van der Waals surface area contributed by atoms with Crippen LogP contribution in [-0.2, 0) is 6.18 Å². The molecule has 0 aliphatic heterocycles. The number of benzene rings is 2. The summed E-state index contributed by atoms with van der Waals surface area (Å²) in [6, 6.07) is 10.1. The zero-order chi connectivity index (χ0) is 12.9. The van der Waals surface area contributed by atoms with Crippen LogP contribution in [0.25, 0.3) is 11.1 Å². The Morgan fingerprint density at radius 3 is 2.06 bits per heavy atom. The summed E-state index contributed by atoms with van der Waals surface area (Å²) in [7, 11) is 0. The molecule has 1 nitrogen and oxygen atoms in total. The minimum atomic E-state index is -4.46. The highest BCUT2D eigenvalue weighted by molar-refractivity contribution is 6.22. The van der Waals surface area contributed by atoms with Gasteiger partial charge in [-0.25, -0.2) is 0 Å². The summed E-state index contributed by atoms with van der Waals surface area (Å²) >= 11 is 0. The Kier molecular flexibility index (Phi) is 2.11. The largest absolute Gasteiger partial charge is 0.417 e. The first-order valence-corrected chi connectivity index (χ1v) is 5.34. The Morgan fingerprint density at radius 1 is 0.778 bits per heavy atom. The summed E-state index contributed by atoms with van der Waals surface area (Å²) < 4.78 is 38.9. The quantitative estimate of drug-likeness (QED) is 0.589. The molecule has 90 valence electrons. The molecule has 0 spiro atoms. The summed E-state index contributed by atoms with van der Waals surface area (Å²) in [6.07, 6.45) is -4.46. The van der Waals surface area contributed by atoms with Crippen molar-refractivity contribution >= 4 is 5.78 Å². The van der Waals surface area contributed by atoms with Crippen molar-refractivity contribution in [2.45, 2.75) is 6.18 Å². The maximum absolute atomic E-state index is 13.0. The van der Waals surface area contributed by atoms with Gasteiger partial charge in [0.15, 0.2) is 5.78 Å². The Balaban J connectivity index is 2.39. The highest BCUT2D eigenvalue weighted by Gasteiger charge is 2.38. The van der Waals surface area contributed by atoms with Gasteiger partial charge in [-0.1, -0.05) is 36.4 Å². The molecular weight excluding hydrogens is 241 g/mol. The fourth-order valence-electron chi connectivity index (χ4n) is 2.31. The molecule has 0 unspecified atom stereocenters. The zero-order valence-corrected chi connectivity index (χ0v) is 9.08. The summed E-state index contributed by atoms with van der Waals surface area (Å²) in [5, 5.41) is 0. The molecule has 1 aliphatic carbocycles.